The van der Waals surface area contributed by atoms with Gasteiger partial charge in [0.25, 0.3) is 0 Å². The summed E-state index contributed by atoms with van der Waals surface area (Å²) in [7, 11) is -4.47. The topological polar surface area (TPSA) is 173 Å². The molecule has 0 amide bonds. The van der Waals surface area contributed by atoms with Gasteiger partial charge in [0.2, 0.25) is 20.0 Å². The summed E-state index contributed by atoms with van der Waals surface area (Å²) in [6.07, 6.45) is 1.44. The predicted molar refractivity (Wildman–Crippen MR) is 134 cm³/mol. The van der Waals surface area contributed by atoms with Crippen molar-refractivity contribution in [1.29, 1.82) is 5.41 Å². The van der Waals surface area contributed by atoms with Crippen molar-refractivity contribution in [3.63, 3.8) is 0 Å². The SMILES string of the molecule is CCCS(=O)(=O)NCC(Nc1ccc(C(=N)N)cc1)c1ccc(OC)c(OC)c1NS(C)(=O)=O. The van der Waals surface area contributed by atoms with Crippen LogP contribution in [0.15, 0.2) is 36.4 Å². The smallest absolute Gasteiger partial charge is 0.229 e. The molecule has 34 heavy (non-hydrogen) atoms. The number of nitrogens with one attached hydrogen (secondary N) is 4. The van der Waals surface area contributed by atoms with E-state index in [4.69, 9.17) is 20.6 Å². The van der Waals surface area contributed by atoms with E-state index in [1.165, 1.54) is 14.2 Å². The Bertz CT molecular complexity index is 1210. The number of nitrogens with two attached hydrogens (primary N) is 1. The van der Waals surface area contributed by atoms with Gasteiger partial charge in [-0.1, -0.05) is 13.0 Å². The second-order valence-electron chi connectivity index (χ2n) is 7.49. The highest BCUT2D eigenvalue weighted by atomic mass is 32.2. The maximum Gasteiger partial charge on any atom is 0.229 e. The average Bonchev–Trinajstić information content (AvgIpc) is 2.75. The first-order valence-electron chi connectivity index (χ1n) is 10.3. The summed E-state index contributed by atoms with van der Waals surface area (Å²) in [4.78, 5) is 0. The first-order valence-corrected chi connectivity index (χ1v) is 13.9. The summed E-state index contributed by atoms with van der Waals surface area (Å²) in [5.41, 5.74) is 7.19. The molecule has 0 saturated carbocycles. The number of ether oxygens (including phenoxy) is 2. The van der Waals surface area contributed by atoms with Crippen LogP contribution in [0.2, 0.25) is 0 Å². The van der Waals surface area contributed by atoms with E-state index in [-0.39, 0.29) is 29.6 Å². The van der Waals surface area contributed by atoms with E-state index in [0.717, 1.165) is 6.26 Å². The van der Waals surface area contributed by atoms with E-state index in [1.807, 2.05) is 0 Å². The fourth-order valence-electron chi connectivity index (χ4n) is 3.26. The molecule has 1 atom stereocenters. The van der Waals surface area contributed by atoms with Gasteiger partial charge in [0, 0.05) is 23.4 Å². The molecule has 0 bridgehead atoms. The molecule has 0 aliphatic carbocycles. The zero-order chi connectivity index (χ0) is 25.5. The Labute approximate surface area is 200 Å². The molecule has 188 valence electrons. The van der Waals surface area contributed by atoms with Crippen LogP contribution in [0.4, 0.5) is 11.4 Å². The molecule has 0 radical (unpaired) electrons. The van der Waals surface area contributed by atoms with Crippen LogP contribution in [0.3, 0.4) is 0 Å². The second-order valence-corrected chi connectivity index (χ2v) is 11.2. The number of nitrogen functional groups attached to an aromatic ring is 1. The van der Waals surface area contributed by atoms with Crippen LogP contribution in [0, 0.1) is 5.41 Å². The van der Waals surface area contributed by atoms with Crippen molar-refractivity contribution in [3.05, 3.63) is 47.5 Å². The van der Waals surface area contributed by atoms with Gasteiger partial charge >= 0.3 is 0 Å². The number of hydrogen-bond acceptors (Lipinski definition) is 8. The molecule has 11 nitrogen and oxygen atoms in total. The standard InChI is InChI=1S/C21H31N5O6S2/c1-5-12-34(29,30)24-13-17(25-15-8-6-14(7-9-15)21(22)23)16-10-11-18(31-2)20(32-3)19(16)26-33(4,27)28/h6-11,17,24-26H,5,12-13H2,1-4H3,(H3,22,23). The summed E-state index contributed by atoms with van der Waals surface area (Å²) in [6.45, 7) is 1.68. The van der Waals surface area contributed by atoms with Crippen molar-refractivity contribution < 1.29 is 26.3 Å². The molecule has 2 aromatic rings. The largest absolute Gasteiger partial charge is 0.493 e. The fraction of sp³-hybridized carbons (Fsp3) is 0.381. The first-order chi connectivity index (χ1) is 15.9. The number of benzene rings is 2. The molecule has 13 heteroatoms. The minimum Gasteiger partial charge on any atom is -0.493 e. The van der Waals surface area contributed by atoms with Crippen molar-refractivity contribution in [2.75, 3.05) is 42.8 Å². The summed E-state index contributed by atoms with van der Waals surface area (Å²) >= 11 is 0. The highest BCUT2D eigenvalue weighted by Crippen LogP contribution is 2.41. The lowest BCUT2D eigenvalue weighted by molar-refractivity contribution is 0.356. The molecule has 0 heterocycles. The highest BCUT2D eigenvalue weighted by molar-refractivity contribution is 7.92. The van der Waals surface area contributed by atoms with Crippen molar-refractivity contribution in [3.8, 4) is 11.5 Å². The van der Waals surface area contributed by atoms with E-state index < -0.39 is 26.1 Å². The van der Waals surface area contributed by atoms with Gasteiger partial charge in [-0.15, -0.1) is 0 Å². The van der Waals surface area contributed by atoms with Crippen LogP contribution < -0.4 is 30.0 Å². The number of amidine groups is 1. The van der Waals surface area contributed by atoms with E-state index in [2.05, 4.69) is 14.8 Å². The van der Waals surface area contributed by atoms with Crippen LogP contribution >= 0.6 is 0 Å². The maximum atomic E-state index is 12.3. The Morgan fingerprint density at radius 1 is 1.06 bits per heavy atom. The van der Waals surface area contributed by atoms with E-state index in [0.29, 0.717) is 29.0 Å². The van der Waals surface area contributed by atoms with Crippen molar-refractivity contribution in [2.24, 2.45) is 5.73 Å². The predicted octanol–water partition coefficient (Wildman–Crippen LogP) is 1.84. The lowest BCUT2D eigenvalue weighted by Crippen LogP contribution is -2.33. The summed E-state index contributed by atoms with van der Waals surface area (Å²) < 4.78 is 64.7. The summed E-state index contributed by atoms with van der Waals surface area (Å²) in [5.74, 6) is 0.317. The summed E-state index contributed by atoms with van der Waals surface area (Å²) in [5, 5.41) is 10.8. The Kier molecular flexibility index (Phi) is 9.13. The fourth-order valence-corrected chi connectivity index (χ4v) is 4.94. The molecule has 0 aromatic heterocycles. The Hall–Kier alpha value is -3.03. The highest BCUT2D eigenvalue weighted by Gasteiger charge is 2.25. The third-order valence-corrected chi connectivity index (χ3v) is 6.88. The Morgan fingerprint density at radius 2 is 1.71 bits per heavy atom. The zero-order valence-electron chi connectivity index (χ0n) is 19.5. The average molecular weight is 514 g/mol. The molecule has 0 aliphatic rings. The number of hydrogen-bond donors (Lipinski definition) is 5. The second kappa shape index (κ2) is 11.4. The van der Waals surface area contributed by atoms with Gasteiger partial charge in [-0.3, -0.25) is 10.1 Å². The van der Waals surface area contributed by atoms with Gasteiger partial charge < -0.3 is 20.5 Å². The van der Waals surface area contributed by atoms with Crippen LogP contribution in [0.5, 0.6) is 11.5 Å². The first kappa shape index (κ1) is 27.2. The molecule has 2 rings (SSSR count). The molecule has 1 unspecified atom stereocenters. The number of sulfonamides is 2. The van der Waals surface area contributed by atoms with Gasteiger partial charge in [-0.2, -0.15) is 0 Å². The maximum absolute atomic E-state index is 12.3. The Balaban J connectivity index is 2.58. The normalized spacial score (nSPS) is 12.6. The van der Waals surface area contributed by atoms with E-state index in [9.17, 15) is 16.8 Å². The molecular weight excluding hydrogens is 482 g/mol. The third-order valence-electron chi connectivity index (χ3n) is 4.76. The lowest BCUT2D eigenvalue weighted by Gasteiger charge is -2.25. The number of anilines is 2. The van der Waals surface area contributed by atoms with Crippen LogP contribution in [-0.2, 0) is 20.0 Å². The van der Waals surface area contributed by atoms with Gasteiger partial charge in [0.05, 0.1) is 38.0 Å². The van der Waals surface area contributed by atoms with Crippen molar-refractivity contribution in [1.82, 2.24) is 4.72 Å². The monoisotopic (exact) mass is 513 g/mol. The number of rotatable bonds is 13. The Morgan fingerprint density at radius 3 is 2.21 bits per heavy atom. The zero-order valence-corrected chi connectivity index (χ0v) is 21.1. The van der Waals surface area contributed by atoms with Crippen LogP contribution in [-0.4, -0.2) is 55.4 Å². The minimum absolute atomic E-state index is 0.0482. The van der Waals surface area contributed by atoms with Crippen LogP contribution in [0.25, 0.3) is 0 Å². The minimum atomic E-state index is -3.72. The van der Waals surface area contributed by atoms with Crippen molar-refractivity contribution >= 4 is 37.3 Å². The summed E-state index contributed by atoms with van der Waals surface area (Å²) in [6, 6.07) is 9.20. The molecule has 0 spiro atoms. The van der Waals surface area contributed by atoms with Crippen LogP contribution in [0.1, 0.15) is 30.5 Å². The molecule has 0 saturated heterocycles. The molecule has 0 fully saturated rings. The van der Waals surface area contributed by atoms with Gasteiger partial charge in [-0.25, -0.2) is 21.6 Å². The molecule has 0 aliphatic heterocycles. The quantitative estimate of drug-likeness (QED) is 0.199. The molecule has 2 aromatic carbocycles. The van der Waals surface area contributed by atoms with Gasteiger partial charge in [0.1, 0.15) is 5.84 Å². The molecule has 6 N–H and O–H groups in total. The third kappa shape index (κ3) is 7.50. The lowest BCUT2D eigenvalue weighted by atomic mass is 10.0. The van der Waals surface area contributed by atoms with Crippen molar-refractivity contribution in [2.45, 2.75) is 19.4 Å². The number of methoxy groups -OCH3 is 2. The van der Waals surface area contributed by atoms with Gasteiger partial charge in [0.15, 0.2) is 11.5 Å². The van der Waals surface area contributed by atoms with Gasteiger partial charge in [-0.05, 0) is 36.8 Å². The van der Waals surface area contributed by atoms with E-state index >= 15 is 0 Å². The molecular formula is C21H31N5O6S2. The van der Waals surface area contributed by atoms with E-state index in [1.54, 1.807) is 43.3 Å².